The van der Waals surface area contributed by atoms with Crippen molar-refractivity contribution in [3.63, 3.8) is 0 Å². The predicted molar refractivity (Wildman–Crippen MR) is 81.6 cm³/mol. The fourth-order valence-corrected chi connectivity index (χ4v) is 2.66. The largest absolute Gasteiger partial charge is 0.481 e. The van der Waals surface area contributed by atoms with E-state index in [1.807, 2.05) is 17.9 Å². The zero-order valence-electron chi connectivity index (χ0n) is 11.9. The van der Waals surface area contributed by atoms with Gasteiger partial charge in [0, 0.05) is 17.3 Å². The number of rotatable bonds is 4. The smallest absolute Gasteiger partial charge is 0.307 e. The van der Waals surface area contributed by atoms with Crippen molar-refractivity contribution in [2.75, 3.05) is 25.0 Å². The van der Waals surface area contributed by atoms with Crippen LogP contribution in [0.25, 0.3) is 0 Å². The summed E-state index contributed by atoms with van der Waals surface area (Å²) in [7, 11) is 0. The number of aryl methyl sites for hydroxylation is 1. The summed E-state index contributed by atoms with van der Waals surface area (Å²) in [5, 5.41) is 12.4. The molecule has 1 saturated heterocycles. The molecule has 1 unspecified atom stereocenters. The maximum absolute atomic E-state index is 12.0. The van der Waals surface area contributed by atoms with Crippen LogP contribution in [0.15, 0.2) is 18.2 Å². The molecule has 1 aliphatic rings. The summed E-state index contributed by atoms with van der Waals surface area (Å²) >= 11 is 6.02. The standard InChI is InChI=1S/C15H19ClN2O3/c1-10-4-5-12(7-13(10)16)17-14(19)9-18-6-2-3-11(8-18)15(20)21/h4-5,7,11H,2-3,6,8-9H2,1H3,(H,17,19)(H,20,21). The Labute approximate surface area is 128 Å². The summed E-state index contributed by atoms with van der Waals surface area (Å²) in [6, 6.07) is 5.36. The minimum absolute atomic E-state index is 0.152. The van der Waals surface area contributed by atoms with E-state index in [9.17, 15) is 9.59 Å². The van der Waals surface area contributed by atoms with Gasteiger partial charge in [-0.25, -0.2) is 0 Å². The van der Waals surface area contributed by atoms with Crippen LogP contribution < -0.4 is 5.32 Å². The molecule has 1 aliphatic heterocycles. The molecule has 0 aromatic heterocycles. The molecule has 0 spiro atoms. The minimum Gasteiger partial charge on any atom is -0.481 e. The third-order valence-corrected chi connectivity index (χ3v) is 4.08. The molecule has 1 heterocycles. The highest BCUT2D eigenvalue weighted by Crippen LogP contribution is 2.20. The molecule has 0 radical (unpaired) electrons. The van der Waals surface area contributed by atoms with E-state index in [2.05, 4.69) is 5.32 Å². The normalized spacial score (nSPS) is 19.2. The van der Waals surface area contributed by atoms with E-state index in [1.165, 1.54) is 0 Å². The number of piperidine rings is 1. The Kier molecular flexibility index (Phi) is 5.20. The number of aliphatic carboxylic acids is 1. The number of benzene rings is 1. The van der Waals surface area contributed by atoms with Gasteiger partial charge in [-0.15, -0.1) is 0 Å². The monoisotopic (exact) mass is 310 g/mol. The van der Waals surface area contributed by atoms with Crippen LogP contribution in [0.3, 0.4) is 0 Å². The summed E-state index contributed by atoms with van der Waals surface area (Å²) in [5.41, 5.74) is 1.61. The van der Waals surface area contributed by atoms with Crippen LogP contribution in [0.5, 0.6) is 0 Å². The average Bonchev–Trinajstić information content (AvgIpc) is 2.43. The molecule has 0 aliphatic carbocycles. The topological polar surface area (TPSA) is 69.6 Å². The molecule has 114 valence electrons. The van der Waals surface area contributed by atoms with E-state index in [4.69, 9.17) is 16.7 Å². The molecular formula is C15H19ClN2O3. The Hall–Kier alpha value is -1.59. The van der Waals surface area contributed by atoms with Crippen molar-refractivity contribution in [1.29, 1.82) is 0 Å². The van der Waals surface area contributed by atoms with Crippen molar-refractivity contribution in [2.24, 2.45) is 5.92 Å². The Morgan fingerprint density at radius 2 is 2.24 bits per heavy atom. The second-order valence-corrected chi connectivity index (χ2v) is 5.83. The van der Waals surface area contributed by atoms with Gasteiger partial charge in [0.1, 0.15) is 0 Å². The van der Waals surface area contributed by atoms with Crippen molar-refractivity contribution in [3.05, 3.63) is 28.8 Å². The van der Waals surface area contributed by atoms with Gasteiger partial charge in [0.15, 0.2) is 0 Å². The summed E-state index contributed by atoms with van der Waals surface area (Å²) < 4.78 is 0. The molecule has 1 aromatic carbocycles. The number of anilines is 1. The summed E-state index contributed by atoms with van der Waals surface area (Å²) in [4.78, 5) is 24.9. The van der Waals surface area contributed by atoms with Crippen molar-refractivity contribution in [1.82, 2.24) is 4.90 Å². The number of carbonyl (C=O) groups excluding carboxylic acids is 1. The molecule has 1 atom stereocenters. The number of carboxylic acids is 1. The molecule has 21 heavy (non-hydrogen) atoms. The maximum atomic E-state index is 12.0. The lowest BCUT2D eigenvalue weighted by Crippen LogP contribution is -2.42. The number of hydrogen-bond donors (Lipinski definition) is 2. The Balaban J connectivity index is 1.89. The van der Waals surface area contributed by atoms with Crippen LogP contribution in [0.4, 0.5) is 5.69 Å². The lowest BCUT2D eigenvalue weighted by molar-refractivity contribution is -0.144. The number of carbonyl (C=O) groups is 2. The molecule has 1 fully saturated rings. The summed E-state index contributed by atoms with van der Waals surface area (Å²) in [6.45, 7) is 3.28. The molecular weight excluding hydrogens is 292 g/mol. The van der Waals surface area contributed by atoms with E-state index in [-0.39, 0.29) is 18.4 Å². The van der Waals surface area contributed by atoms with Crippen molar-refractivity contribution in [3.8, 4) is 0 Å². The van der Waals surface area contributed by atoms with E-state index < -0.39 is 5.97 Å². The second kappa shape index (κ2) is 6.91. The highest BCUT2D eigenvalue weighted by Gasteiger charge is 2.26. The van der Waals surface area contributed by atoms with E-state index in [0.29, 0.717) is 23.7 Å². The number of nitrogens with zero attached hydrogens (tertiary/aromatic N) is 1. The van der Waals surface area contributed by atoms with Gasteiger partial charge in [-0.05, 0) is 44.0 Å². The molecule has 2 rings (SSSR count). The van der Waals surface area contributed by atoms with Crippen molar-refractivity contribution >= 4 is 29.2 Å². The van der Waals surface area contributed by atoms with Gasteiger partial charge in [-0.1, -0.05) is 17.7 Å². The zero-order chi connectivity index (χ0) is 15.4. The Morgan fingerprint density at radius 3 is 2.90 bits per heavy atom. The van der Waals surface area contributed by atoms with Gasteiger partial charge >= 0.3 is 5.97 Å². The Bertz CT molecular complexity index is 548. The van der Waals surface area contributed by atoms with Crippen LogP contribution in [0.1, 0.15) is 18.4 Å². The highest BCUT2D eigenvalue weighted by molar-refractivity contribution is 6.31. The van der Waals surface area contributed by atoms with Gasteiger partial charge in [-0.3, -0.25) is 14.5 Å². The second-order valence-electron chi connectivity index (χ2n) is 5.42. The van der Waals surface area contributed by atoms with Crippen molar-refractivity contribution < 1.29 is 14.7 Å². The number of hydrogen-bond acceptors (Lipinski definition) is 3. The zero-order valence-corrected chi connectivity index (χ0v) is 12.7. The Morgan fingerprint density at radius 1 is 1.48 bits per heavy atom. The SMILES string of the molecule is Cc1ccc(NC(=O)CN2CCCC(C(=O)O)C2)cc1Cl. The molecule has 1 amide bonds. The van der Waals surface area contributed by atoms with Gasteiger partial charge in [0.05, 0.1) is 12.5 Å². The average molecular weight is 311 g/mol. The highest BCUT2D eigenvalue weighted by atomic mass is 35.5. The third kappa shape index (κ3) is 4.44. The molecule has 6 heteroatoms. The minimum atomic E-state index is -0.787. The number of likely N-dealkylation sites (tertiary alicyclic amines) is 1. The first-order valence-corrected chi connectivity index (χ1v) is 7.34. The summed E-state index contributed by atoms with van der Waals surface area (Å²) in [5.74, 6) is -1.31. The molecule has 2 N–H and O–H groups in total. The van der Waals surface area contributed by atoms with Crippen LogP contribution in [0, 0.1) is 12.8 Å². The van der Waals surface area contributed by atoms with E-state index in [1.54, 1.807) is 12.1 Å². The first-order chi connectivity index (χ1) is 9.95. The van der Waals surface area contributed by atoms with Crippen LogP contribution in [-0.2, 0) is 9.59 Å². The lowest BCUT2D eigenvalue weighted by atomic mass is 9.98. The van der Waals surface area contributed by atoms with Gasteiger partial charge in [0.25, 0.3) is 0 Å². The van der Waals surface area contributed by atoms with Crippen LogP contribution >= 0.6 is 11.6 Å². The lowest BCUT2D eigenvalue weighted by Gasteiger charge is -2.29. The molecule has 0 saturated carbocycles. The first kappa shape index (κ1) is 15.8. The molecule has 5 nitrogen and oxygen atoms in total. The predicted octanol–water partition coefficient (Wildman–Crippen LogP) is 2.38. The fourth-order valence-electron chi connectivity index (χ4n) is 2.47. The maximum Gasteiger partial charge on any atom is 0.307 e. The molecule has 0 bridgehead atoms. The number of halogens is 1. The van der Waals surface area contributed by atoms with Gasteiger partial charge in [0.2, 0.25) is 5.91 Å². The van der Waals surface area contributed by atoms with E-state index in [0.717, 1.165) is 18.5 Å². The number of amides is 1. The third-order valence-electron chi connectivity index (χ3n) is 3.68. The van der Waals surface area contributed by atoms with Crippen LogP contribution in [0.2, 0.25) is 5.02 Å². The fraction of sp³-hybridized carbons (Fsp3) is 0.467. The summed E-state index contributed by atoms with van der Waals surface area (Å²) in [6.07, 6.45) is 1.49. The van der Waals surface area contributed by atoms with Crippen LogP contribution in [-0.4, -0.2) is 41.5 Å². The quantitative estimate of drug-likeness (QED) is 0.896. The number of carboxylic acid groups (broad SMARTS) is 1. The first-order valence-electron chi connectivity index (χ1n) is 6.97. The van der Waals surface area contributed by atoms with Crippen molar-refractivity contribution in [2.45, 2.75) is 19.8 Å². The number of nitrogens with one attached hydrogen (secondary N) is 1. The molecule has 1 aromatic rings. The van der Waals surface area contributed by atoms with Gasteiger partial charge in [-0.2, -0.15) is 0 Å². The van der Waals surface area contributed by atoms with Gasteiger partial charge < -0.3 is 10.4 Å². The van der Waals surface area contributed by atoms with E-state index >= 15 is 0 Å².